The van der Waals surface area contributed by atoms with Gasteiger partial charge in [0.05, 0.1) is 41.9 Å². The molecule has 0 spiro atoms. The number of furan rings is 2. The molecule has 57 heavy (non-hydrogen) atoms. The quantitative estimate of drug-likeness (QED) is 0.128. The molecule has 1 aliphatic rings. The van der Waals surface area contributed by atoms with Crippen molar-refractivity contribution in [2.45, 2.75) is 13.5 Å². The maximum Gasteiger partial charge on any atom is 0.153 e. The maximum absolute atomic E-state index is 13.2. The molecule has 8 aromatic rings. The maximum atomic E-state index is 13.2. The van der Waals surface area contributed by atoms with E-state index in [2.05, 4.69) is 21.8 Å². The summed E-state index contributed by atoms with van der Waals surface area (Å²) >= 11 is 0. The van der Waals surface area contributed by atoms with Crippen LogP contribution in [-0.4, -0.2) is 68.4 Å². The highest BCUT2D eigenvalue weighted by molar-refractivity contribution is 5.85. The fourth-order valence-corrected chi connectivity index (χ4v) is 7.05. The average molecular weight is 763 g/mol. The van der Waals surface area contributed by atoms with Crippen molar-refractivity contribution >= 4 is 6.29 Å². The summed E-state index contributed by atoms with van der Waals surface area (Å²) in [4.78, 5) is 16.3. The molecule has 5 heterocycles. The first-order chi connectivity index (χ1) is 28.0. The van der Waals surface area contributed by atoms with Gasteiger partial charge in [0.2, 0.25) is 0 Å². The lowest BCUT2D eigenvalue weighted by Crippen LogP contribution is -2.45. The van der Waals surface area contributed by atoms with Crippen LogP contribution < -0.4 is 0 Å². The van der Waals surface area contributed by atoms with Gasteiger partial charge in [0.25, 0.3) is 0 Å². The third-order valence-electron chi connectivity index (χ3n) is 10.2. The molecule has 0 atom stereocenters. The van der Waals surface area contributed by atoms with Gasteiger partial charge in [0, 0.05) is 38.3 Å². The average Bonchev–Trinajstić information content (AvgIpc) is 4.10. The van der Waals surface area contributed by atoms with Crippen LogP contribution >= 0.6 is 0 Å². The number of piperazine rings is 1. The van der Waals surface area contributed by atoms with E-state index in [0.29, 0.717) is 17.0 Å². The van der Waals surface area contributed by atoms with Crippen molar-refractivity contribution in [3.63, 3.8) is 0 Å². The highest BCUT2D eigenvalue weighted by Gasteiger charge is 2.22. The highest BCUT2D eigenvalue weighted by atomic mass is 19.1. The number of carbonyl (C=O) groups excluding carboxylic acids is 1. The molecule has 0 N–H and O–H groups in total. The number of aldehydes is 1. The molecule has 0 amide bonds. The van der Waals surface area contributed by atoms with Crippen molar-refractivity contribution in [2.24, 2.45) is 0 Å². The zero-order valence-corrected chi connectivity index (χ0v) is 31.3. The molecule has 1 aliphatic heterocycles. The summed E-state index contributed by atoms with van der Waals surface area (Å²) in [5, 5.41) is 9.03. The van der Waals surface area contributed by atoms with E-state index in [9.17, 15) is 13.6 Å². The highest BCUT2D eigenvalue weighted by Crippen LogP contribution is 2.31. The smallest absolute Gasteiger partial charge is 0.153 e. The van der Waals surface area contributed by atoms with Crippen molar-refractivity contribution in [3.8, 4) is 56.5 Å². The number of hydrogen-bond acceptors (Lipinski definition) is 7. The third kappa shape index (κ3) is 8.30. The lowest BCUT2D eigenvalue weighted by atomic mass is 10.1. The topological polar surface area (TPSA) is 85.5 Å². The number of benzene rings is 4. The molecule has 0 saturated carbocycles. The zero-order valence-electron chi connectivity index (χ0n) is 31.3. The van der Waals surface area contributed by atoms with Crippen molar-refractivity contribution in [1.29, 1.82) is 0 Å². The van der Waals surface area contributed by atoms with E-state index in [1.165, 1.54) is 30.5 Å². The number of likely N-dealkylation sites (N-methyl/N-ethyl adjacent to an activating group) is 1. The molecular weight excluding hydrogens is 723 g/mol. The Hall–Kier alpha value is -6.69. The van der Waals surface area contributed by atoms with Gasteiger partial charge in [-0.3, -0.25) is 9.69 Å². The van der Waals surface area contributed by atoms with Crippen LogP contribution in [0, 0.1) is 11.6 Å². The molecule has 286 valence electrons. The summed E-state index contributed by atoms with van der Waals surface area (Å²) in [5.74, 6) is 0.893. The minimum Gasteiger partial charge on any atom is -0.463 e. The SMILES string of the molecule is CCN1CCN(Cc2cnn(-c3ccc(-c4ccc(F)cc4)cc3)c2-c2ccco2)CC1.O=Cc1cnn(-c2ccc(-c3ccc(F)cc3)cc2)c1-c1ccco1. The van der Waals surface area contributed by atoms with E-state index in [1.54, 1.807) is 53.6 Å². The summed E-state index contributed by atoms with van der Waals surface area (Å²) in [6.07, 6.45) is 7.48. The van der Waals surface area contributed by atoms with Gasteiger partial charge in [0.15, 0.2) is 17.8 Å². The van der Waals surface area contributed by atoms with Crippen LogP contribution in [0.4, 0.5) is 8.78 Å². The number of halogens is 2. The van der Waals surface area contributed by atoms with Crippen LogP contribution in [0.15, 0.2) is 155 Å². The number of carbonyl (C=O) groups is 1. The summed E-state index contributed by atoms with van der Waals surface area (Å²) in [6.45, 7) is 8.50. The van der Waals surface area contributed by atoms with Gasteiger partial charge in [-0.05, 0) is 102 Å². The Morgan fingerprint density at radius 2 is 1.02 bits per heavy atom. The van der Waals surface area contributed by atoms with Gasteiger partial charge in [-0.1, -0.05) is 55.5 Å². The molecule has 11 heteroatoms. The Labute approximate surface area is 329 Å². The zero-order chi connectivity index (χ0) is 39.1. The van der Waals surface area contributed by atoms with Gasteiger partial charge in [-0.15, -0.1) is 0 Å². The van der Waals surface area contributed by atoms with Gasteiger partial charge in [-0.2, -0.15) is 10.2 Å². The molecule has 0 aliphatic carbocycles. The second kappa shape index (κ2) is 17.0. The molecule has 4 aromatic heterocycles. The molecule has 4 aromatic carbocycles. The fraction of sp³-hybridized carbons (Fsp3) is 0.152. The number of hydrogen-bond donors (Lipinski definition) is 0. The molecule has 0 bridgehead atoms. The normalized spacial score (nSPS) is 13.3. The standard InChI is InChI=1S/C26H27FN4O.C20H13FN2O2/c1-2-29-13-15-30(16-14-29)19-22-18-28-31(26(22)25-4-3-17-32-25)24-11-7-21(8-12-24)20-5-9-23(27)10-6-20;21-17-7-3-14(4-8-17)15-5-9-18(10-6-15)23-20(16(13-24)12-22-23)19-2-1-11-25-19/h3-12,17-18H,2,13-16,19H2,1H3;1-13H. The lowest BCUT2D eigenvalue weighted by molar-refractivity contribution is 0.112. The fourth-order valence-electron chi connectivity index (χ4n) is 7.05. The Balaban J connectivity index is 0.000000165. The molecule has 0 radical (unpaired) electrons. The lowest BCUT2D eigenvalue weighted by Gasteiger charge is -2.33. The van der Waals surface area contributed by atoms with Gasteiger partial charge in [-0.25, -0.2) is 18.1 Å². The third-order valence-corrected chi connectivity index (χ3v) is 10.2. The molecule has 1 fully saturated rings. The predicted octanol–water partition coefficient (Wildman–Crippen LogP) is 9.83. The Morgan fingerprint density at radius 1 is 0.579 bits per heavy atom. The van der Waals surface area contributed by atoms with Crippen LogP contribution in [0.2, 0.25) is 0 Å². The van der Waals surface area contributed by atoms with E-state index in [0.717, 1.165) is 96.2 Å². The van der Waals surface area contributed by atoms with Crippen molar-refractivity contribution < 1.29 is 22.4 Å². The van der Waals surface area contributed by atoms with E-state index < -0.39 is 0 Å². The number of aromatic nitrogens is 4. The van der Waals surface area contributed by atoms with Crippen LogP contribution in [0.3, 0.4) is 0 Å². The minimum atomic E-state index is -0.263. The molecule has 1 saturated heterocycles. The summed E-state index contributed by atoms with van der Waals surface area (Å²) < 4.78 is 41.1. The van der Waals surface area contributed by atoms with E-state index >= 15 is 0 Å². The Bertz CT molecular complexity index is 2500. The van der Waals surface area contributed by atoms with E-state index in [1.807, 2.05) is 71.5 Å². The second-order valence-corrected chi connectivity index (χ2v) is 13.7. The molecule has 9 nitrogen and oxygen atoms in total. The van der Waals surface area contributed by atoms with Crippen molar-refractivity contribution in [3.05, 3.63) is 169 Å². The van der Waals surface area contributed by atoms with Crippen molar-refractivity contribution in [2.75, 3.05) is 32.7 Å². The monoisotopic (exact) mass is 762 g/mol. The Morgan fingerprint density at radius 3 is 1.47 bits per heavy atom. The van der Waals surface area contributed by atoms with E-state index in [4.69, 9.17) is 13.9 Å². The number of nitrogens with zero attached hydrogens (tertiary/aromatic N) is 6. The Kier molecular flexibility index (Phi) is 11.1. The minimum absolute atomic E-state index is 0.228. The van der Waals surface area contributed by atoms with E-state index in [-0.39, 0.29) is 11.6 Å². The molecule has 0 unspecified atom stereocenters. The van der Waals surface area contributed by atoms with Crippen LogP contribution in [0.1, 0.15) is 22.8 Å². The summed E-state index contributed by atoms with van der Waals surface area (Å²) in [5.41, 5.74) is 8.88. The first-order valence-corrected chi connectivity index (χ1v) is 18.8. The summed E-state index contributed by atoms with van der Waals surface area (Å²) in [6, 6.07) is 36.1. The van der Waals surface area contributed by atoms with Crippen LogP contribution in [0.5, 0.6) is 0 Å². The first-order valence-electron chi connectivity index (χ1n) is 18.8. The second-order valence-electron chi connectivity index (χ2n) is 13.7. The predicted molar refractivity (Wildman–Crippen MR) is 216 cm³/mol. The van der Waals surface area contributed by atoms with Gasteiger partial charge >= 0.3 is 0 Å². The van der Waals surface area contributed by atoms with Crippen molar-refractivity contribution in [1.82, 2.24) is 29.4 Å². The number of rotatable bonds is 10. The van der Waals surface area contributed by atoms with Crippen LogP contribution in [0.25, 0.3) is 56.5 Å². The first kappa shape index (κ1) is 37.2. The van der Waals surface area contributed by atoms with Gasteiger partial charge < -0.3 is 13.7 Å². The van der Waals surface area contributed by atoms with Gasteiger partial charge in [0.1, 0.15) is 23.0 Å². The van der Waals surface area contributed by atoms with Crippen LogP contribution in [-0.2, 0) is 6.54 Å². The summed E-state index contributed by atoms with van der Waals surface area (Å²) in [7, 11) is 0. The molecule has 9 rings (SSSR count). The largest absolute Gasteiger partial charge is 0.463 e. The molecular formula is C46H40F2N6O3.